The van der Waals surface area contributed by atoms with Crippen molar-refractivity contribution in [2.45, 2.75) is 41.0 Å². The SMILES string of the molecule is C=CC(C)([C@H](C)C(F)F)[C@@H](C)/C=C(C)\C=C/C. The van der Waals surface area contributed by atoms with E-state index in [1.807, 2.05) is 45.9 Å². The summed E-state index contributed by atoms with van der Waals surface area (Å²) in [7, 11) is 0. The van der Waals surface area contributed by atoms with E-state index in [0.717, 1.165) is 5.57 Å². The fraction of sp³-hybridized carbons (Fsp3) is 0.600. The summed E-state index contributed by atoms with van der Waals surface area (Å²) in [5, 5.41) is 0. The zero-order valence-corrected chi connectivity index (χ0v) is 11.5. The summed E-state index contributed by atoms with van der Waals surface area (Å²) in [5.74, 6) is -0.676. The highest BCUT2D eigenvalue weighted by Crippen LogP contribution is 2.41. The summed E-state index contributed by atoms with van der Waals surface area (Å²) in [6, 6.07) is 0. The highest BCUT2D eigenvalue weighted by molar-refractivity contribution is 5.19. The lowest BCUT2D eigenvalue weighted by Crippen LogP contribution is -2.33. The van der Waals surface area contributed by atoms with Crippen LogP contribution < -0.4 is 0 Å². The molecule has 0 aromatic heterocycles. The normalized spacial score (nSPS) is 20.4. The summed E-state index contributed by atoms with van der Waals surface area (Å²) < 4.78 is 25.7. The summed E-state index contributed by atoms with van der Waals surface area (Å²) in [5.41, 5.74) is 0.506. The lowest BCUT2D eigenvalue weighted by Gasteiger charge is -2.37. The van der Waals surface area contributed by atoms with Crippen molar-refractivity contribution in [2.24, 2.45) is 17.3 Å². The van der Waals surface area contributed by atoms with Crippen LogP contribution in [0, 0.1) is 17.3 Å². The Kier molecular flexibility index (Phi) is 6.36. The molecule has 1 unspecified atom stereocenters. The second-order valence-corrected chi connectivity index (χ2v) is 4.89. The monoisotopic (exact) mass is 242 g/mol. The van der Waals surface area contributed by atoms with Crippen LogP contribution in [0.2, 0.25) is 0 Å². The lowest BCUT2D eigenvalue weighted by atomic mass is 9.69. The zero-order valence-electron chi connectivity index (χ0n) is 11.5. The Balaban J connectivity index is 5.11. The molecule has 98 valence electrons. The predicted octanol–water partition coefficient (Wildman–Crippen LogP) is 5.24. The van der Waals surface area contributed by atoms with Crippen molar-refractivity contribution < 1.29 is 8.78 Å². The first-order chi connectivity index (χ1) is 7.79. The van der Waals surface area contributed by atoms with Gasteiger partial charge < -0.3 is 0 Å². The molecule has 0 aliphatic rings. The van der Waals surface area contributed by atoms with Crippen LogP contribution in [0.4, 0.5) is 8.78 Å². The highest BCUT2D eigenvalue weighted by Gasteiger charge is 2.37. The molecule has 0 spiro atoms. The quantitative estimate of drug-likeness (QED) is 0.441. The average molecular weight is 242 g/mol. The minimum absolute atomic E-state index is 0.0280. The van der Waals surface area contributed by atoms with Crippen LogP contribution in [0.3, 0.4) is 0 Å². The Hall–Kier alpha value is -0.920. The summed E-state index contributed by atoms with van der Waals surface area (Å²) >= 11 is 0. The molecule has 0 saturated heterocycles. The number of alkyl halides is 2. The van der Waals surface area contributed by atoms with Gasteiger partial charge in [-0.3, -0.25) is 0 Å². The molecule has 17 heavy (non-hydrogen) atoms. The predicted molar refractivity (Wildman–Crippen MR) is 71.2 cm³/mol. The number of halogens is 2. The van der Waals surface area contributed by atoms with E-state index in [1.54, 1.807) is 13.0 Å². The minimum atomic E-state index is -2.32. The van der Waals surface area contributed by atoms with Gasteiger partial charge in [0.25, 0.3) is 0 Å². The van der Waals surface area contributed by atoms with Crippen LogP contribution in [0.5, 0.6) is 0 Å². The van der Waals surface area contributed by atoms with Crippen LogP contribution in [0.1, 0.15) is 34.6 Å². The van der Waals surface area contributed by atoms with Gasteiger partial charge >= 0.3 is 0 Å². The van der Waals surface area contributed by atoms with Gasteiger partial charge in [-0.1, -0.05) is 50.6 Å². The molecule has 0 radical (unpaired) electrons. The van der Waals surface area contributed by atoms with Crippen molar-refractivity contribution in [3.63, 3.8) is 0 Å². The van der Waals surface area contributed by atoms with Crippen LogP contribution in [-0.4, -0.2) is 6.43 Å². The molecular formula is C15H24F2. The maximum atomic E-state index is 12.9. The molecule has 3 atom stereocenters. The van der Waals surface area contributed by atoms with E-state index in [4.69, 9.17) is 0 Å². The zero-order chi connectivity index (χ0) is 13.6. The van der Waals surface area contributed by atoms with Gasteiger partial charge in [-0.15, -0.1) is 6.58 Å². The van der Waals surface area contributed by atoms with Crippen molar-refractivity contribution in [3.8, 4) is 0 Å². The van der Waals surface area contributed by atoms with Crippen LogP contribution in [0.15, 0.2) is 36.5 Å². The molecular weight excluding hydrogens is 218 g/mol. The van der Waals surface area contributed by atoms with Gasteiger partial charge in [0, 0.05) is 5.92 Å². The maximum absolute atomic E-state index is 12.9. The molecule has 0 saturated carbocycles. The van der Waals surface area contributed by atoms with E-state index < -0.39 is 17.8 Å². The molecule has 0 aromatic rings. The van der Waals surface area contributed by atoms with Crippen molar-refractivity contribution in [1.82, 2.24) is 0 Å². The van der Waals surface area contributed by atoms with E-state index in [-0.39, 0.29) is 5.92 Å². The number of hydrogen-bond acceptors (Lipinski definition) is 0. The van der Waals surface area contributed by atoms with E-state index in [0.29, 0.717) is 0 Å². The first-order valence-corrected chi connectivity index (χ1v) is 6.02. The Labute approximate surface area is 104 Å². The third-order valence-electron chi connectivity index (χ3n) is 3.72. The highest BCUT2D eigenvalue weighted by atomic mass is 19.3. The van der Waals surface area contributed by atoms with Crippen molar-refractivity contribution >= 4 is 0 Å². The third-order valence-corrected chi connectivity index (χ3v) is 3.72. The van der Waals surface area contributed by atoms with Gasteiger partial charge in [-0.05, 0) is 25.2 Å². The molecule has 0 nitrogen and oxygen atoms in total. The molecule has 0 aliphatic carbocycles. The fourth-order valence-electron chi connectivity index (χ4n) is 1.95. The van der Waals surface area contributed by atoms with Crippen molar-refractivity contribution in [1.29, 1.82) is 0 Å². The maximum Gasteiger partial charge on any atom is 0.242 e. The van der Waals surface area contributed by atoms with Gasteiger partial charge in [0.15, 0.2) is 0 Å². The minimum Gasteiger partial charge on any atom is -0.210 e. The van der Waals surface area contributed by atoms with Gasteiger partial charge in [0.05, 0.1) is 0 Å². The standard InChI is InChI=1S/C15H24F2/c1-7-9-11(3)10-12(4)15(6,8-2)13(5)14(16)17/h7-10,12-14H,2H2,1,3-6H3/b9-7-,11-10-/t12-,13+,15?/m0/s1. The molecule has 0 bridgehead atoms. The fourth-order valence-corrected chi connectivity index (χ4v) is 1.95. The van der Waals surface area contributed by atoms with Gasteiger partial charge in [-0.2, -0.15) is 0 Å². The van der Waals surface area contributed by atoms with Gasteiger partial charge in [0.1, 0.15) is 0 Å². The number of allylic oxidation sites excluding steroid dienone is 5. The Bertz CT molecular complexity index is 302. The topological polar surface area (TPSA) is 0 Å². The summed E-state index contributed by atoms with van der Waals surface area (Å²) in [4.78, 5) is 0. The second-order valence-electron chi connectivity index (χ2n) is 4.89. The smallest absolute Gasteiger partial charge is 0.210 e. The van der Waals surface area contributed by atoms with E-state index in [2.05, 4.69) is 6.58 Å². The molecule has 0 aliphatic heterocycles. The van der Waals surface area contributed by atoms with Crippen LogP contribution in [-0.2, 0) is 0 Å². The number of rotatable bonds is 6. The van der Waals surface area contributed by atoms with Gasteiger partial charge in [-0.25, -0.2) is 8.78 Å². The largest absolute Gasteiger partial charge is 0.242 e. The first kappa shape index (κ1) is 16.1. The average Bonchev–Trinajstić information content (AvgIpc) is 2.26. The molecule has 2 heteroatoms. The molecule has 0 rings (SSSR count). The van der Waals surface area contributed by atoms with Crippen LogP contribution >= 0.6 is 0 Å². The van der Waals surface area contributed by atoms with Crippen LogP contribution in [0.25, 0.3) is 0 Å². The van der Waals surface area contributed by atoms with Crippen molar-refractivity contribution in [3.05, 3.63) is 36.5 Å². The summed E-state index contributed by atoms with van der Waals surface area (Å²) in [6.07, 6.45) is 5.29. The molecule has 0 heterocycles. The van der Waals surface area contributed by atoms with E-state index in [9.17, 15) is 8.78 Å². The molecule has 0 amide bonds. The Morgan fingerprint density at radius 3 is 2.18 bits per heavy atom. The van der Waals surface area contributed by atoms with Crippen molar-refractivity contribution in [2.75, 3.05) is 0 Å². The van der Waals surface area contributed by atoms with E-state index >= 15 is 0 Å². The molecule has 0 fully saturated rings. The second kappa shape index (κ2) is 6.73. The summed E-state index contributed by atoms with van der Waals surface area (Å²) in [6.45, 7) is 13.0. The van der Waals surface area contributed by atoms with Gasteiger partial charge in [0.2, 0.25) is 6.43 Å². The molecule has 0 N–H and O–H groups in total. The molecule has 0 aromatic carbocycles. The number of hydrogen-bond donors (Lipinski definition) is 0. The lowest BCUT2D eigenvalue weighted by molar-refractivity contribution is 0.0174. The Morgan fingerprint density at radius 1 is 1.29 bits per heavy atom. The third kappa shape index (κ3) is 4.10. The first-order valence-electron chi connectivity index (χ1n) is 6.02. The van der Waals surface area contributed by atoms with E-state index in [1.165, 1.54) is 0 Å². The Morgan fingerprint density at radius 2 is 1.82 bits per heavy atom.